The van der Waals surface area contributed by atoms with Gasteiger partial charge in [-0.3, -0.25) is 9.48 Å². The fourth-order valence-electron chi connectivity index (χ4n) is 3.20. The van der Waals surface area contributed by atoms with Crippen molar-refractivity contribution in [2.45, 2.75) is 45.1 Å². The van der Waals surface area contributed by atoms with Crippen LogP contribution in [-0.2, 0) is 5.41 Å². The molecule has 154 valence electrons. The molecule has 2 heterocycles. The number of rotatable bonds is 6. The molecule has 6 nitrogen and oxygen atoms in total. The minimum absolute atomic E-state index is 0. The Morgan fingerprint density at radius 2 is 2.18 bits per heavy atom. The van der Waals surface area contributed by atoms with Crippen LogP contribution in [0, 0.1) is 0 Å². The number of hydrogen-bond donors (Lipinski definition) is 2. The van der Waals surface area contributed by atoms with E-state index in [1.54, 1.807) is 6.07 Å². The zero-order chi connectivity index (χ0) is 19.3. The van der Waals surface area contributed by atoms with Crippen molar-refractivity contribution in [1.82, 2.24) is 20.4 Å². The van der Waals surface area contributed by atoms with Gasteiger partial charge in [-0.05, 0) is 48.6 Å². The van der Waals surface area contributed by atoms with Crippen LogP contribution >= 0.6 is 12.4 Å². The van der Waals surface area contributed by atoms with Crippen LogP contribution in [0.1, 0.15) is 55.7 Å². The fraction of sp³-hybridized carbons (Fsp3) is 0.524. The van der Waals surface area contributed by atoms with Crippen molar-refractivity contribution in [2.75, 3.05) is 26.2 Å². The van der Waals surface area contributed by atoms with Crippen molar-refractivity contribution in [2.24, 2.45) is 0 Å². The Hall–Kier alpha value is -2.05. The molecule has 2 N–H and O–H groups in total. The molecule has 1 aliphatic heterocycles. The smallest absolute Gasteiger partial charge is 0.271 e. The van der Waals surface area contributed by atoms with E-state index in [1.807, 2.05) is 23.0 Å². The lowest BCUT2D eigenvalue weighted by molar-refractivity contribution is 0.0940. The molecule has 1 fully saturated rings. The lowest BCUT2D eigenvalue weighted by Crippen LogP contribution is -2.32. The van der Waals surface area contributed by atoms with E-state index >= 15 is 0 Å². The van der Waals surface area contributed by atoms with Gasteiger partial charge in [-0.25, -0.2) is 0 Å². The molecule has 2 aromatic rings. The summed E-state index contributed by atoms with van der Waals surface area (Å²) in [4.78, 5) is 12.3. The van der Waals surface area contributed by atoms with Gasteiger partial charge >= 0.3 is 0 Å². The molecule has 1 aliphatic rings. The summed E-state index contributed by atoms with van der Waals surface area (Å²) < 4.78 is 7.68. The molecule has 0 spiro atoms. The highest BCUT2D eigenvalue weighted by atomic mass is 35.5. The highest BCUT2D eigenvalue weighted by molar-refractivity contribution is 5.92. The second-order valence-corrected chi connectivity index (χ2v) is 8.06. The lowest BCUT2D eigenvalue weighted by atomic mass is 9.87. The number of halogens is 1. The minimum atomic E-state index is -0.162. The van der Waals surface area contributed by atoms with Gasteiger partial charge in [0.15, 0.2) is 0 Å². The predicted molar refractivity (Wildman–Crippen MR) is 114 cm³/mol. The van der Waals surface area contributed by atoms with E-state index in [4.69, 9.17) is 4.74 Å². The summed E-state index contributed by atoms with van der Waals surface area (Å²) in [5.74, 6) is 0.662. The molecule has 7 heteroatoms. The molecule has 1 unspecified atom stereocenters. The molecule has 0 saturated carbocycles. The van der Waals surface area contributed by atoms with Gasteiger partial charge in [0.05, 0.1) is 12.6 Å². The number of benzene rings is 1. The number of piperidine rings is 1. The van der Waals surface area contributed by atoms with E-state index in [-0.39, 0.29) is 23.7 Å². The number of carbonyl (C=O) groups excluding carboxylic acids is 1. The SMILES string of the molecule is CC(C)(C)c1cccc(OCCNC(=O)c2ccn(C3CCCNC3)n2)c1.Cl. The van der Waals surface area contributed by atoms with Gasteiger partial charge in [0.25, 0.3) is 5.91 Å². The average Bonchev–Trinajstić information content (AvgIpc) is 3.16. The topological polar surface area (TPSA) is 68.2 Å². The van der Waals surface area contributed by atoms with Crippen LogP contribution in [0.5, 0.6) is 5.75 Å². The third kappa shape index (κ3) is 5.97. The number of carbonyl (C=O) groups is 1. The van der Waals surface area contributed by atoms with Gasteiger partial charge in [-0.15, -0.1) is 12.4 Å². The van der Waals surface area contributed by atoms with E-state index in [2.05, 4.69) is 48.6 Å². The fourth-order valence-corrected chi connectivity index (χ4v) is 3.20. The van der Waals surface area contributed by atoms with Gasteiger partial charge < -0.3 is 15.4 Å². The molecule has 0 bridgehead atoms. The van der Waals surface area contributed by atoms with E-state index in [0.29, 0.717) is 24.9 Å². The average molecular weight is 407 g/mol. The van der Waals surface area contributed by atoms with Crippen LogP contribution in [0.2, 0.25) is 0 Å². The molecule has 3 rings (SSSR count). The summed E-state index contributed by atoms with van der Waals surface area (Å²) in [5.41, 5.74) is 1.77. The number of amides is 1. The summed E-state index contributed by atoms with van der Waals surface area (Å²) >= 11 is 0. The third-order valence-corrected chi connectivity index (χ3v) is 4.84. The maximum absolute atomic E-state index is 12.3. The molecule has 0 aliphatic carbocycles. The van der Waals surface area contributed by atoms with Gasteiger partial charge in [0.1, 0.15) is 18.1 Å². The van der Waals surface area contributed by atoms with Crippen LogP contribution in [0.15, 0.2) is 36.5 Å². The molecule has 0 radical (unpaired) electrons. The predicted octanol–water partition coefficient (Wildman–Crippen LogP) is 3.34. The second kappa shape index (κ2) is 9.94. The maximum Gasteiger partial charge on any atom is 0.271 e. The Labute approximate surface area is 173 Å². The number of nitrogens with zero attached hydrogens (tertiary/aromatic N) is 2. The molecule has 1 saturated heterocycles. The Morgan fingerprint density at radius 1 is 1.36 bits per heavy atom. The van der Waals surface area contributed by atoms with E-state index in [1.165, 1.54) is 5.56 Å². The Kier molecular flexibility index (Phi) is 7.89. The first-order valence-corrected chi connectivity index (χ1v) is 9.71. The normalized spacial score (nSPS) is 16.9. The number of ether oxygens (including phenoxy) is 1. The first-order chi connectivity index (χ1) is 12.9. The van der Waals surface area contributed by atoms with E-state index < -0.39 is 0 Å². The van der Waals surface area contributed by atoms with Gasteiger partial charge in [-0.1, -0.05) is 32.9 Å². The minimum Gasteiger partial charge on any atom is -0.492 e. The van der Waals surface area contributed by atoms with Crippen LogP contribution in [-0.4, -0.2) is 41.9 Å². The van der Waals surface area contributed by atoms with Crippen molar-refractivity contribution < 1.29 is 9.53 Å². The van der Waals surface area contributed by atoms with E-state index in [0.717, 1.165) is 31.7 Å². The number of aromatic nitrogens is 2. The van der Waals surface area contributed by atoms with E-state index in [9.17, 15) is 4.79 Å². The van der Waals surface area contributed by atoms with Crippen LogP contribution in [0.4, 0.5) is 0 Å². The quantitative estimate of drug-likeness (QED) is 0.722. The van der Waals surface area contributed by atoms with Crippen molar-refractivity contribution >= 4 is 18.3 Å². The Balaban J connectivity index is 0.00000280. The Bertz CT molecular complexity index is 764. The standard InChI is InChI=1S/C21H30N4O2.ClH/c1-21(2,3)16-6-4-8-18(14-16)27-13-11-23-20(26)19-9-12-25(24-19)17-7-5-10-22-15-17;/h4,6,8-9,12,14,17,22H,5,7,10-11,13,15H2,1-3H3,(H,23,26);1H. The first kappa shape index (κ1) is 22.2. The van der Waals surface area contributed by atoms with Crippen LogP contribution in [0.3, 0.4) is 0 Å². The maximum atomic E-state index is 12.3. The zero-order valence-electron chi connectivity index (χ0n) is 16.9. The van der Waals surface area contributed by atoms with Crippen LogP contribution < -0.4 is 15.4 Å². The summed E-state index contributed by atoms with van der Waals surface area (Å²) in [7, 11) is 0. The van der Waals surface area contributed by atoms with Gasteiger partial charge in [-0.2, -0.15) is 5.10 Å². The van der Waals surface area contributed by atoms with Crippen LogP contribution in [0.25, 0.3) is 0 Å². The molecule has 1 aromatic heterocycles. The number of nitrogens with one attached hydrogen (secondary N) is 2. The largest absolute Gasteiger partial charge is 0.492 e. The van der Waals surface area contributed by atoms with Crippen molar-refractivity contribution in [3.05, 3.63) is 47.8 Å². The van der Waals surface area contributed by atoms with Crippen molar-refractivity contribution in [3.63, 3.8) is 0 Å². The summed E-state index contributed by atoms with van der Waals surface area (Å²) in [6, 6.07) is 10.2. The summed E-state index contributed by atoms with van der Waals surface area (Å²) in [6.45, 7) is 9.36. The van der Waals surface area contributed by atoms with Gasteiger partial charge in [0, 0.05) is 12.7 Å². The molecule has 1 atom stereocenters. The Morgan fingerprint density at radius 3 is 2.89 bits per heavy atom. The number of hydrogen-bond acceptors (Lipinski definition) is 4. The molecule has 1 aromatic carbocycles. The summed E-state index contributed by atoms with van der Waals surface area (Å²) in [6.07, 6.45) is 4.12. The molecular formula is C21H31ClN4O2. The highest BCUT2D eigenvalue weighted by Crippen LogP contribution is 2.25. The monoisotopic (exact) mass is 406 g/mol. The molecule has 28 heavy (non-hydrogen) atoms. The van der Waals surface area contributed by atoms with Crippen molar-refractivity contribution in [3.8, 4) is 5.75 Å². The van der Waals surface area contributed by atoms with Gasteiger partial charge in [0.2, 0.25) is 0 Å². The van der Waals surface area contributed by atoms with Crippen molar-refractivity contribution in [1.29, 1.82) is 0 Å². The highest BCUT2D eigenvalue weighted by Gasteiger charge is 2.17. The third-order valence-electron chi connectivity index (χ3n) is 4.84. The summed E-state index contributed by atoms with van der Waals surface area (Å²) in [5, 5.41) is 10.7. The second-order valence-electron chi connectivity index (χ2n) is 8.06. The molecular weight excluding hydrogens is 376 g/mol. The zero-order valence-corrected chi connectivity index (χ0v) is 17.7. The molecule has 1 amide bonds. The first-order valence-electron chi connectivity index (χ1n) is 9.71. The lowest BCUT2D eigenvalue weighted by Gasteiger charge is -2.22.